The average molecular weight is 796 g/mol. The van der Waals surface area contributed by atoms with Crippen molar-refractivity contribution in [1.29, 1.82) is 0 Å². The van der Waals surface area contributed by atoms with Crippen LogP contribution >= 0.6 is 0 Å². The lowest BCUT2D eigenvalue weighted by molar-refractivity contribution is -0.302. The third-order valence-corrected chi connectivity index (χ3v) is 11.3. The molecule has 0 spiro atoms. The Labute approximate surface area is 343 Å². The fraction of sp³-hybridized carbons (Fsp3) is 0.894. The molecule has 0 aromatic rings. The Kier molecular flexibility index (Phi) is 35.7. The molecule has 9 heteroatoms. The van der Waals surface area contributed by atoms with Crippen molar-refractivity contribution in [1.82, 2.24) is 5.32 Å². The van der Waals surface area contributed by atoms with Gasteiger partial charge in [-0.3, -0.25) is 4.79 Å². The van der Waals surface area contributed by atoms with Gasteiger partial charge in [0.15, 0.2) is 6.29 Å². The molecule has 330 valence electrons. The number of nitrogens with one attached hydrogen (secondary N) is 1. The Morgan fingerprint density at radius 2 is 1.00 bits per heavy atom. The monoisotopic (exact) mass is 796 g/mol. The minimum atomic E-state index is -1.57. The second-order valence-electron chi connectivity index (χ2n) is 16.5. The fourth-order valence-corrected chi connectivity index (χ4v) is 7.44. The van der Waals surface area contributed by atoms with Crippen LogP contribution in [0.1, 0.15) is 213 Å². The van der Waals surface area contributed by atoms with E-state index in [9.17, 15) is 30.3 Å². The molecule has 0 saturated carbocycles. The van der Waals surface area contributed by atoms with Crippen molar-refractivity contribution in [3.05, 3.63) is 24.3 Å². The third kappa shape index (κ3) is 28.2. The van der Waals surface area contributed by atoms with E-state index in [0.29, 0.717) is 6.42 Å². The number of allylic oxidation sites excluding steroid dienone is 3. The summed E-state index contributed by atoms with van der Waals surface area (Å²) < 4.78 is 11.2. The van der Waals surface area contributed by atoms with Crippen molar-refractivity contribution in [3.63, 3.8) is 0 Å². The van der Waals surface area contributed by atoms with Gasteiger partial charge in [0.1, 0.15) is 24.4 Å². The van der Waals surface area contributed by atoms with Crippen molar-refractivity contribution in [2.75, 3.05) is 13.2 Å². The Morgan fingerprint density at radius 1 is 0.589 bits per heavy atom. The lowest BCUT2D eigenvalue weighted by Crippen LogP contribution is -2.60. The number of rotatable bonds is 39. The smallest absolute Gasteiger partial charge is 0.220 e. The first kappa shape index (κ1) is 52.7. The lowest BCUT2D eigenvalue weighted by atomic mass is 9.99. The molecule has 1 aliphatic heterocycles. The van der Waals surface area contributed by atoms with E-state index in [2.05, 4.69) is 31.3 Å². The van der Waals surface area contributed by atoms with E-state index < -0.39 is 49.5 Å². The quantitative estimate of drug-likeness (QED) is 0.0266. The van der Waals surface area contributed by atoms with E-state index in [0.717, 1.165) is 57.8 Å². The molecule has 56 heavy (non-hydrogen) atoms. The zero-order valence-electron chi connectivity index (χ0n) is 36.1. The molecule has 1 fully saturated rings. The number of aliphatic hydroxyl groups is 5. The fourth-order valence-electron chi connectivity index (χ4n) is 7.44. The Bertz CT molecular complexity index is 930. The number of ether oxygens (including phenoxy) is 2. The van der Waals surface area contributed by atoms with Crippen LogP contribution in [0.5, 0.6) is 0 Å². The van der Waals surface area contributed by atoms with Crippen molar-refractivity contribution >= 4 is 5.91 Å². The van der Waals surface area contributed by atoms with Gasteiger partial charge in [0.25, 0.3) is 0 Å². The van der Waals surface area contributed by atoms with E-state index in [-0.39, 0.29) is 12.5 Å². The molecule has 9 nitrogen and oxygen atoms in total. The minimum Gasteiger partial charge on any atom is -0.394 e. The van der Waals surface area contributed by atoms with Crippen LogP contribution in [-0.4, -0.2) is 87.5 Å². The molecular weight excluding hydrogens is 707 g/mol. The van der Waals surface area contributed by atoms with E-state index in [1.54, 1.807) is 6.08 Å². The highest BCUT2D eigenvalue weighted by molar-refractivity contribution is 5.76. The summed E-state index contributed by atoms with van der Waals surface area (Å²) >= 11 is 0. The topological polar surface area (TPSA) is 149 Å². The first-order valence-electron chi connectivity index (χ1n) is 23.6. The largest absolute Gasteiger partial charge is 0.394 e. The summed E-state index contributed by atoms with van der Waals surface area (Å²) in [5, 5.41) is 54.2. The molecule has 0 radical (unpaired) electrons. The number of unbranched alkanes of at least 4 members (excludes halogenated alkanes) is 27. The molecule has 7 atom stereocenters. The van der Waals surface area contributed by atoms with Crippen LogP contribution in [0.3, 0.4) is 0 Å². The zero-order valence-corrected chi connectivity index (χ0v) is 36.1. The molecule has 0 aromatic carbocycles. The molecule has 0 bridgehead atoms. The van der Waals surface area contributed by atoms with Crippen LogP contribution in [0.25, 0.3) is 0 Å². The van der Waals surface area contributed by atoms with Gasteiger partial charge >= 0.3 is 0 Å². The second-order valence-corrected chi connectivity index (χ2v) is 16.5. The third-order valence-electron chi connectivity index (χ3n) is 11.3. The SMILES string of the molecule is CCCCCCCCCCC/C=C\CCCCCCCC(=O)NC(COC1OC(CO)C(O)C(O)C1O)C(O)/C=C/CCCCCCCCCCCCCCC. The summed E-state index contributed by atoms with van der Waals surface area (Å²) in [4.78, 5) is 13.0. The summed E-state index contributed by atoms with van der Waals surface area (Å²) in [5.41, 5.74) is 0. The number of carbonyl (C=O) groups is 1. The van der Waals surface area contributed by atoms with Crippen molar-refractivity contribution in [2.24, 2.45) is 0 Å². The predicted octanol–water partition coefficient (Wildman–Crippen LogP) is 9.89. The van der Waals surface area contributed by atoms with E-state index in [4.69, 9.17) is 9.47 Å². The molecule has 1 amide bonds. The van der Waals surface area contributed by atoms with Crippen molar-refractivity contribution in [2.45, 2.75) is 256 Å². The van der Waals surface area contributed by atoms with Gasteiger partial charge in [-0.15, -0.1) is 0 Å². The standard InChI is InChI=1S/C47H89NO8/c1-3-5-7-9-11-13-15-17-19-20-21-23-25-27-29-31-33-35-37-43(51)48-40(39-55-47-46(54)45(53)44(52)42(38-49)56-47)41(50)36-34-32-30-28-26-24-22-18-16-14-12-10-8-6-4-2/h21,23,34,36,40-42,44-47,49-50,52-54H,3-20,22,24-33,35,37-39H2,1-2H3,(H,48,51)/b23-21-,36-34+. The highest BCUT2D eigenvalue weighted by Gasteiger charge is 2.44. The molecule has 0 aliphatic carbocycles. The summed E-state index contributed by atoms with van der Waals surface area (Å²) in [6.07, 6.45) is 37.9. The van der Waals surface area contributed by atoms with Gasteiger partial charge in [-0.2, -0.15) is 0 Å². The average Bonchev–Trinajstić information content (AvgIpc) is 3.20. The van der Waals surface area contributed by atoms with Gasteiger partial charge in [0, 0.05) is 6.42 Å². The molecule has 6 N–H and O–H groups in total. The van der Waals surface area contributed by atoms with Gasteiger partial charge in [0.2, 0.25) is 5.91 Å². The molecule has 0 aromatic heterocycles. The highest BCUT2D eigenvalue weighted by atomic mass is 16.7. The van der Waals surface area contributed by atoms with E-state index >= 15 is 0 Å². The Balaban J connectivity index is 2.35. The number of aliphatic hydroxyl groups excluding tert-OH is 5. The first-order valence-corrected chi connectivity index (χ1v) is 23.6. The number of hydrogen-bond donors (Lipinski definition) is 6. The molecule has 7 unspecified atom stereocenters. The number of hydrogen-bond acceptors (Lipinski definition) is 8. The van der Waals surface area contributed by atoms with E-state index in [1.165, 1.54) is 135 Å². The normalized spacial score (nSPS) is 21.3. The van der Waals surface area contributed by atoms with Crippen molar-refractivity contribution in [3.8, 4) is 0 Å². The molecular formula is C47H89NO8. The van der Waals surface area contributed by atoms with Gasteiger partial charge in [-0.1, -0.05) is 186 Å². The van der Waals surface area contributed by atoms with Gasteiger partial charge in [-0.05, 0) is 44.9 Å². The Morgan fingerprint density at radius 3 is 1.45 bits per heavy atom. The van der Waals surface area contributed by atoms with E-state index in [1.807, 2.05) is 6.08 Å². The maximum Gasteiger partial charge on any atom is 0.220 e. The van der Waals surface area contributed by atoms with Crippen LogP contribution in [0.2, 0.25) is 0 Å². The second kappa shape index (κ2) is 37.9. The van der Waals surface area contributed by atoms with Crippen molar-refractivity contribution < 1.29 is 39.8 Å². The summed E-state index contributed by atoms with van der Waals surface area (Å²) in [5.74, 6) is -0.184. The molecule has 1 heterocycles. The number of amides is 1. The van der Waals surface area contributed by atoms with Crippen LogP contribution < -0.4 is 5.32 Å². The first-order chi connectivity index (χ1) is 27.3. The minimum absolute atomic E-state index is 0.184. The summed E-state index contributed by atoms with van der Waals surface area (Å²) in [7, 11) is 0. The predicted molar refractivity (Wildman–Crippen MR) is 230 cm³/mol. The number of carbonyl (C=O) groups excluding carboxylic acids is 1. The van der Waals surface area contributed by atoms with Gasteiger partial charge < -0.3 is 40.3 Å². The van der Waals surface area contributed by atoms with Gasteiger partial charge in [0.05, 0.1) is 25.4 Å². The Hall–Kier alpha value is -1.33. The molecule has 1 aliphatic rings. The highest BCUT2D eigenvalue weighted by Crippen LogP contribution is 2.23. The van der Waals surface area contributed by atoms with Crippen LogP contribution in [0, 0.1) is 0 Å². The van der Waals surface area contributed by atoms with Crippen LogP contribution in [0.15, 0.2) is 24.3 Å². The lowest BCUT2D eigenvalue weighted by Gasteiger charge is -2.40. The molecule has 1 rings (SSSR count). The molecule has 1 saturated heterocycles. The maximum atomic E-state index is 13.0. The van der Waals surface area contributed by atoms with Crippen LogP contribution in [0.4, 0.5) is 0 Å². The van der Waals surface area contributed by atoms with Gasteiger partial charge in [-0.25, -0.2) is 0 Å². The summed E-state index contributed by atoms with van der Waals surface area (Å²) in [6, 6.07) is -0.805. The maximum absolute atomic E-state index is 13.0. The van der Waals surface area contributed by atoms with Crippen LogP contribution in [-0.2, 0) is 14.3 Å². The zero-order chi connectivity index (χ0) is 40.9. The summed E-state index contributed by atoms with van der Waals surface area (Å²) in [6.45, 7) is 3.77.